The van der Waals surface area contributed by atoms with E-state index in [0.29, 0.717) is 24.3 Å². The van der Waals surface area contributed by atoms with Crippen molar-refractivity contribution in [1.29, 1.82) is 0 Å². The largest absolute Gasteiger partial charge is 0.491 e. The smallest absolute Gasteiger partial charge is 0.257 e. The monoisotopic (exact) mass is 420 g/mol. The average Bonchev–Trinajstić information content (AvgIpc) is 3.18. The predicted molar refractivity (Wildman–Crippen MR) is 122 cm³/mol. The third kappa shape index (κ3) is 4.66. The van der Waals surface area contributed by atoms with Crippen molar-refractivity contribution in [3.63, 3.8) is 0 Å². The van der Waals surface area contributed by atoms with E-state index in [1.54, 1.807) is 6.92 Å². The highest BCUT2D eigenvalue weighted by atomic mass is 16.5. The number of aromatic nitrogens is 1. The number of ether oxygens (including phenoxy) is 1. The average molecular weight is 421 g/mol. The molecule has 1 aromatic carbocycles. The van der Waals surface area contributed by atoms with E-state index >= 15 is 0 Å². The Kier molecular flexibility index (Phi) is 5.84. The van der Waals surface area contributed by atoms with Crippen molar-refractivity contribution in [2.75, 3.05) is 36.4 Å². The first-order valence-electron chi connectivity index (χ1n) is 10.6. The Hall–Kier alpha value is -3.48. The Balaban J connectivity index is 1.49. The third-order valence-corrected chi connectivity index (χ3v) is 5.43. The van der Waals surface area contributed by atoms with Crippen LogP contribution in [0.2, 0.25) is 0 Å². The number of nitrogens with one attached hydrogen (secondary N) is 1. The van der Waals surface area contributed by atoms with Gasteiger partial charge in [0.2, 0.25) is 5.91 Å². The molecule has 2 amide bonds. The van der Waals surface area contributed by atoms with Gasteiger partial charge in [-0.1, -0.05) is 0 Å². The Morgan fingerprint density at radius 3 is 2.26 bits per heavy atom. The maximum absolute atomic E-state index is 12.8. The molecule has 1 fully saturated rings. The van der Waals surface area contributed by atoms with E-state index in [2.05, 4.69) is 16.3 Å². The zero-order chi connectivity index (χ0) is 22.0. The molecule has 7 nitrogen and oxygen atoms in total. The maximum atomic E-state index is 12.8. The molecular formula is C24H28N4O3. The fraction of sp³-hybridized carbons (Fsp3) is 0.333. The molecule has 3 aromatic rings. The predicted octanol–water partition coefficient (Wildman–Crippen LogP) is 3.65. The molecule has 0 unspecified atom stereocenters. The Morgan fingerprint density at radius 1 is 0.935 bits per heavy atom. The number of nitrogens with zero attached hydrogens (tertiary/aromatic N) is 3. The number of hydrogen-bond donors (Lipinski definition) is 1. The van der Waals surface area contributed by atoms with E-state index in [1.807, 2.05) is 71.8 Å². The van der Waals surface area contributed by atoms with E-state index in [4.69, 9.17) is 4.74 Å². The highest BCUT2D eigenvalue weighted by molar-refractivity contribution is 6.04. The molecule has 3 heterocycles. The van der Waals surface area contributed by atoms with Gasteiger partial charge in [0.1, 0.15) is 11.6 Å². The van der Waals surface area contributed by atoms with E-state index in [9.17, 15) is 9.59 Å². The van der Waals surface area contributed by atoms with Crippen LogP contribution >= 0.6 is 0 Å². The summed E-state index contributed by atoms with van der Waals surface area (Å²) in [4.78, 5) is 28.5. The molecule has 1 aliphatic heterocycles. The van der Waals surface area contributed by atoms with Crippen LogP contribution in [-0.4, -0.2) is 53.4 Å². The van der Waals surface area contributed by atoms with Crippen LogP contribution in [-0.2, 0) is 4.79 Å². The normalized spacial score (nSPS) is 14.2. The van der Waals surface area contributed by atoms with E-state index < -0.39 is 0 Å². The second kappa shape index (κ2) is 8.71. The summed E-state index contributed by atoms with van der Waals surface area (Å²) in [7, 11) is 0. The first-order valence-corrected chi connectivity index (χ1v) is 10.6. The molecule has 0 radical (unpaired) electrons. The summed E-state index contributed by atoms with van der Waals surface area (Å²) in [6.07, 6.45) is 1.97. The Labute approximate surface area is 182 Å². The second-order valence-corrected chi connectivity index (χ2v) is 8.04. The highest BCUT2D eigenvalue weighted by Crippen LogP contribution is 2.23. The molecule has 31 heavy (non-hydrogen) atoms. The van der Waals surface area contributed by atoms with Crippen LogP contribution in [0.25, 0.3) is 5.52 Å². The number of anilines is 2. The van der Waals surface area contributed by atoms with E-state index in [0.717, 1.165) is 30.2 Å². The molecule has 7 heteroatoms. The van der Waals surface area contributed by atoms with Gasteiger partial charge in [0.05, 0.1) is 11.7 Å². The van der Waals surface area contributed by atoms with Crippen LogP contribution in [0.5, 0.6) is 5.75 Å². The second-order valence-electron chi connectivity index (χ2n) is 8.04. The summed E-state index contributed by atoms with van der Waals surface area (Å²) >= 11 is 0. The number of fused-ring (bicyclic) bond motifs is 1. The van der Waals surface area contributed by atoms with Gasteiger partial charge in [-0.05, 0) is 62.4 Å². The number of carbonyl (C=O) groups is 2. The van der Waals surface area contributed by atoms with Gasteiger partial charge in [0.15, 0.2) is 0 Å². The van der Waals surface area contributed by atoms with Crippen molar-refractivity contribution in [2.45, 2.75) is 26.9 Å². The van der Waals surface area contributed by atoms with Crippen molar-refractivity contribution in [2.24, 2.45) is 0 Å². The fourth-order valence-electron chi connectivity index (χ4n) is 3.82. The maximum Gasteiger partial charge on any atom is 0.257 e. The summed E-state index contributed by atoms with van der Waals surface area (Å²) in [5, 5.41) is 2.95. The van der Waals surface area contributed by atoms with Gasteiger partial charge < -0.3 is 24.3 Å². The van der Waals surface area contributed by atoms with Gasteiger partial charge >= 0.3 is 0 Å². The van der Waals surface area contributed by atoms with E-state index in [-0.39, 0.29) is 17.9 Å². The lowest BCUT2D eigenvalue weighted by Gasteiger charge is -2.35. The SMILES string of the molecule is CC(=O)N1CCN(c2ccc3ccc(C(=O)Nc4ccc(OC(C)C)cc4)cn23)CC1. The van der Waals surface area contributed by atoms with Gasteiger partial charge in [-0.15, -0.1) is 0 Å². The lowest BCUT2D eigenvalue weighted by atomic mass is 10.2. The first-order chi connectivity index (χ1) is 14.9. The minimum atomic E-state index is -0.166. The van der Waals surface area contributed by atoms with Gasteiger partial charge in [-0.25, -0.2) is 0 Å². The van der Waals surface area contributed by atoms with Gasteiger partial charge in [-0.2, -0.15) is 0 Å². The van der Waals surface area contributed by atoms with Crippen molar-refractivity contribution in [3.05, 3.63) is 60.3 Å². The molecule has 1 saturated heterocycles. The number of hydrogen-bond acceptors (Lipinski definition) is 4. The van der Waals surface area contributed by atoms with Crippen LogP contribution in [0, 0.1) is 0 Å². The quantitative estimate of drug-likeness (QED) is 0.684. The topological polar surface area (TPSA) is 66.3 Å². The number of piperazine rings is 1. The summed E-state index contributed by atoms with van der Waals surface area (Å²) in [6.45, 7) is 8.52. The van der Waals surface area contributed by atoms with Gasteiger partial charge in [0, 0.05) is 50.5 Å². The minimum Gasteiger partial charge on any atom is -0.491 e. The number of benzene rings is 1. The first kappa shape index (κ1) is 20.8. The van der Waals surface area contributed by atoms with E-state index in [1.165, 1.54) is 0 Å². The molecule has 1 aliphatic rings. The lowest BCUT2D eigenvalue weighted by molar-refractivity contribution is -0.129. The Morgan fingerprint density at radius 2 is 1.61 bits per heavy atom. The molecular weight excluding hydrogens is 392 g/mol. The molecule has 2 aromatic heterocycles. The van der Waals surface area contributed by atoms with Crippen LogP contribution in [0.15, 0.2) is 54.7 Å². The third-order valence-electron chi connectivity index (χ3n) is 5.43. The zero-order valence-electron chi connectivity index (χ0n) is 18.2. The van der Waals surface area contributed by atoms with Crippen LogP contribution < -0.4 is 15.0 Å². The van der Waals surface area contributed by atoms with Crippen LogP contribution in [0.4, 0.5) is 11.5 Å². The van der Waals surface area contributed by atoms with Crippen molar-refractivity contribution >= 4 is 28.8 Å². The van der Waals surface area contributed by atoms with Gasteiger partial charge in [0.25, 0.3) is 5.91 Å². The molecule has 162 valence electrons. The molecule has 0 spiro atoms. The fourth-order valence-corrected chi connectivity index (χ4v) is 3.82. The standard InChI is InChI=1S/C24H28N4O3/c1-17(2)31-22-9-5-20(6-10-22)25-24(30)19-4-7-21-8-11-23(28(21)16-19)27-14-12-26(13-15-27)18(3)29/h4-11,16-17H,12-15H2,1-3H3,(H,25,30). The number of rotatable bonds is 5. The lowest BCUT2D eigenvalue weighted by Crippen LogP contribution is -2.48. The number of amides is 2. The molecule has 0 atom stereocenters. The number of carbonyl (C=O) groups excluding carboxylic acids is 2. The number of pyridine rings is 1. The highest BCUT2D eigenvalue weighted by Gasteiger charge is 2.21. The van der Waals surface area contributed by atoms with Crippen molar-refractivity contribution in [1.82, 2.24) is 9.30 Å². The van der Waals surface area contributed by atoms with Crippen molar-refractivity contribution < 1.29 is 14.3 Å². The molecule has 4 rings (SSSR count). The summed E-state index contributed by atoms with van der Waals surface area (Å²) < 4.78 is 7.69. The van der Waals surface area contributed by atoms with Crippen molar-refractivity contribution in [3.8, 4) is 5.75 Å². The molecule has 1 N–H and O–H groups in total. The summed E-state index contributed by atoms with van der Waals surface area (Å²) in [5.41, 5.74) is 2.32. The molecule has 0 bridgehead atoms. The summed E-state index contributed by atoms with van der Waals surface area (Å²) in [6, 6.07) is 15.3. The van der Waals surface area contributed by atoms with Crippen LogP contribution in [0.1, 0.15) is 31.1 Å². The molecule has 0 aliphatic carbocycles. The van der Waals surface area contributed by atoms with Gasteiger partial charge in [-0.3, -0.25) is 9.59 Å². The zero-order valence-corrected chi connectivity index (χ0v) is 18.2. The Bertz CT molecular complexity index is 1080. The summed E-state index contributed by atoms with van der Waals surface area (Å²) in [5.74, 6) is 1.75. The molecule has 0 saturated carbocycles. The van der Waals surface area contributed by atoms with Crippen LogP contribution in [0.3, 0.4) is 0 Å². The minimum absolute atomic E-state index is 0.105.